The fraction of sp³-hybridized carbons (Fsp3) is 1.00. The van der Waals surface area contributed by atoms with Gasteiger partial charge in [0, 0.05) is 6.61 Å². The Morgan fingerprint density at radius 2 is 2.27 bits per heavy atom. The molecular weight excluding hydrogens is 216 g/mol. The monoisotopic (exact) mass is 234 g/mol. The molecule has 5 heteroatoms. The van der Waals surface area contributed by atoms with Crippen molar-refractivity contribution in [1.29, 1.82) is 0 Å². The van der Waals surface area contributed by atoms with E-state index >= 15 is 0 Å². The lowest BCUT2D eigenvalue weighted by molar-refractivity contribution is 0.0307. The van der Waals surface area contributed by atoms with Gasteiger partial charge in [-0.25, -0.2) is 8.42 Å². The molecule has 0 bridgehead atoms. The summed E-state index contributed by atoms with van der Waals surface area (Å²) < 4.78 is 28.0. The fourth-order valence-corrected chi connectivity index (χ4v) is 4.34. The highest BCUT2D eigenvalue weighted by Crippen LogP contribution is 2.30. The number of hydrogen-bond acceptors (Lipinski definition) is 4. The second-order valence-corrected chi connectivity index (χ2v) is 6.92. The Morgan fingerprint density at radius 1 is 1.47 bits per heavy atom. The molecule has 2 aliphatic rings. The molecule has 1 N–H and O–H groups in total. The summed E-state index contributed by atoms with van der Waals surface area (Å²) in [7, 11) is -2.99. The van der Waals surface area contributed by atoms with Gasteiger partial charge in [-0.2, -0.15) is 0 Å². The molecule has 88 valence electrons. The van der Waals surface area contributed by atoms with Crippen molar-refractivity contribution < 1.29 is 18.3 Å². The zero-order chi connectivity index (χ0) is 10.9. The highest BCUT2D eigenvalue weighted by atomic mass is 32.2. The predicted octanol–water partition coefficient (Wildman–Crippen LogP) is 0.495. The van der Waals surface area contributed by atoms with Crippen LogP contribution in [-0.4, -0.2) is 43.3 Å². The summed E-state index contributed by atoms with van der Waals surface area (Å²) in [6.45, 7) is 0.807. The Hall–Kier alpha value is -0.130. The van der Waals surface area contributed by atoms with Gasteiger partial charge in [0.15, 0.2) is 9.84 Å². The van der Waals surface area contributed by atoms with Gasteiger partial charge in [-0.15, -0.1) is 0 Å². The van der Waals surface area contributed by atoms with Crippen LogP contribution in [0.15, 0.2) is 0 Å². The maximum Gasteiger partial charge on any atom is 0.153 e. The zero-order valence-corrected chi connectivity index (χ0v) is 9.63. The first-order valence-electron chi connectivity index (χ1n) is 5.54. The van der Waals surface area contributed by atoms with E-state index in [-0.39, 0.29) is 17.6 Å². The van der Waals surface area contributed by atoms with Gasteiger partial charge in [-0.1, -0.05) is 0 Å². The molecule has 0 radical (unpaired) electrons. The van der Waals surface area contributed by atoms with Crippen LogP contribution < -0.4 is 0 Å². The van der Waals surface area contributed by atoms with Crippen LogP contribution >= 0.6 is 0 Å². The number of hydrogen-bond donors (Lipinski definition) is 1. The standard InChI is InChI=1S/C10H18O4S/c11-10(5-7-15(12,13)8-10)4-3-9-2-1-6-14-9/h9,11H,1-8H2. The first-order chi connectivity index (χ1) is 6.99. The van der Waals surface area contributed by atoms with Gasteiger partial charge in [0.05, 0.1) is 23.2 Å². The summed E-state index contributed by atoms with van der Waals surface area (Å²) >= 11 is 0. The summed E-state index contributed by atoms with van der Waals surface area (Å²) in [6.07, 6.45) is 4.09. The lowest BCUT2D eigenvalue weighted by Crippen LogP contribution is -2.31. The van der Waals surface area contributed by atoms with Crippen molar-refractivity contribution in [2.24, 2.45) is 0 Å². The summed E-state index contributed by atoms with van der Waals surface area (Å²) in [5.41, 5.74) is -0.981. The molecule has 0 aliphatic carbocycles. The van der Waals surface area contributed by atoms with Gasteiger partial charge >= 0.3 is 0 Å². The van der Waals surface area contributed by atoms with Crippen LogP contribution in [0.2, 0.25) is 0 Å². The lowest BCUT2D eigenvalue weighted by Gasteiger charge is -2.22. The summed E-state index contributed by atoms with van der Waals surface area (Å²) in [5.74, 6) is 0.0712. The first-order valence-corrected chi connectivity index (χ1v) is 7.36. The van der Waals surface area contributed by atoms with Gasteiger partial charge < -0.3 is 9.84 Å². The second-order valence-electron chi connectivity index (χ2n) is 4.74. The fourth-order valence-electron chi connectivity index (χ4n) is 2.40. The second kappa shape index (κ2) is 4.03. The first kappa shape index (κ1) is 11.4. The SMILES string of the molecule is O=S1(=O)CCC(O)(CCC2CCCO2)C1. The van der Waals surface area contributed by atoms with Crippen molar-refractivity contribution in [3.8, 4) is 0 Å². The molecule has 2 heterocycles. The topological polar surface area (TPSA) is 63.6 Å². The van der Waals surface area contributed by atoms with Gasteiger partial charge in [0.1, 0.15) is 0 Å². The van der Waals surface area contributed by atoms with E-state index in [4.69, 9.17) is 4.74 Å². The molecule has 2 rings (SSSR count). The van der Waals surface area contributed by atoms with Crippen LogP contribution in [0.3, 0.4) is 0 Å². The van der Waals surface area contributed by atoms with Crippen LogP contribution in [0.1, 0.15) is 32.1 Å². The van der Waals surface area contributed by atoms with Gasteiger partial charge in [0.25, 0.3) is 0 Å². The van der Waals surface area contributed by atoms with Gasteiger partial charge in [-0.05, 0) is 32.1 Å². The summed E-state index contributed by atoms with van der Waals surface area (Å²) in [6, 6.07) is 0. The van der Waals surface area contributed by atoms with Crippen molar-refractivity contribution in [2.45, 2.75) is 43.8 Å². The molecule has 0 spiro atoms. The van der Waals surface area contributed by atoms with E-state index in [0.29, 0.717) is 12.8 Å². The van der Waals surface area contributed by atoms with Crippen molar-refractivity contribution in [2.75, 3.05) is 18.1 Å². The third kappa shape index (κ3) is 2.92. The molecule has 2 aliphatic heterocycles. The Labute approximate surface area is 90.5 Å². The molecule has 0 aromatic carbocycles. The minimum atomic E-state index is -2.99. The molecule has 2 unspecified atom stereocenters. The minimum Gasteiger partial charge on any atom is -0.389 e. The van der Waals surface area contributed by atoms with E-state index < -0.39 is 15.4 Å². The molecule has 2 atom stereocenters. The van der Waals surface area contributed by atoms with E-state index in [1.807, 2.05) is 0 Å². The van der Waals surface area contributed by atoms with Gasteiger partial charge in [-0.3, -0.25) is 0 Å². The predicted molar refractivity (Wildman–Crippen MR) is 56.4 cm³/mol. The molecule has 0 aromatic rings. The average Bonchev–Trinajstić information content (AvgIpc) is 2.71. The van der Waals surface area contributed by atoms with E-state index in [1.54, 1.807) is 0 Å². The average molecular weight is 234 g/mol. The van der Waals surface area contributed by atoms with E-state index in [2.05, 4.69) is 0 Å². The number of rotatable bonds is 3. The van der Waals surface area contributed by atoms with Gasteiger partial charge in [0.2, 0.25) is 0 Å². The minimum absolute atomic E-state index is 0.0628. The Morgan fingerprint density at radius 3 is 2.80 bits per heavy atom. The highest BCUT2D eigenvalue weighted by molar-refractivity contribution is 7.91. The normalized spacial score (nSPS) is 39.7. The zero-order valence-electron chi connectivity index (χ0n) is 8.81. The number of aliphatic hydroxyl groups is 1. The van der Waals surface area contributed by atoms with Crippen LogP contribution in [0.4, 0.5) is 0 Å². The van der Waals surface area contributed by atoms with Crippen molar-refractivity contribution >= 4 is 9.84 Å². The van der Waals surface area contributed by atoms with E-state index in [1.165, 1.54) is 0 Å². The summed E-state index contributed by atoms with van der Waals surface area (Å²) in [4.78, 5) is 0. The maximum absolute atomic E-state index is 11.3. The third-order valence-electron chi connectivity index (χ3n) is 3.32. The van der Waals surface area contributed by atoms with Crippen LogP contribution in [0, 0.1) is 0 Å². The Bertz CT molecular complexity index is 318. The third-order valence-corrected chi connectivity index (χ3v) is 5.13. The molecule has 0 amide bonds. The molecule has 0 aromatic heterocycles. The Balaban J connectivity index is 1.83. The molecule has 2 saturated heterocycles. The maximum atomic E-state index is 11.3. The van der Waals surface area contributed by atoms with Crippen LogP contribution in [0.5, 0.6) is 0 Å². The largest absolute Gasteiger partial charge is 0.389 e. The smallest absolute Gasteiger partial charge is 0.153 e. The lowest BCUT2D eigenvalue weighted by atomic mass is 9.95. The van der Waals surface area contributed by atoms with Crippen LogP contribution in [0.25, 0.3) is 0 Å². The molecule has 4 nitrogen and oxygen atoms in total. The van der Waals surface area contributed by atoms with E-state index in [0.717, 1.165) is 25.9 Å². The quantitative estimate of drug-likeness (QED) is 0.772. The molecular formula is C10H18O4S. The Kier molecular flexibility index (Phi) is 3.05. The van der Waals surface area contributed by atoms with Crippen molar-refractivity contribution in [3.05, 3.63) is 0 Å². The van der Waals surface area contributed by atoms with Crippen LogP contribution in [-0.2, 0) is 14.6 Å². The summed E-state index contributed by atoms with van der Waals surface area (Å²) in [5, 5.41) is 10.1. The molecule has 0 saturated carbocycles. The number of ether oxygens (including phenoxy) is 1. The molecule has 2 fully saturated rings. The molecule has 15 heavy (non-hydrogen) atoms. The van der Waals surface area contributed by atoms with E-state index in [9.17, 15) is 13.5 Å². The highest BCUT2D eigenvalue weighted by Gasteiger charge is 2.40. The van der Waals surface area contributed by atoms with Crippen molar-refractivity contribution in [1.82, 2.24) is 0 Å². The number of sulfone groups is 1. The van der Waals surface area contributed by atoms with Crippen molar-refractivity contribution in [3.63, 3.8) is 0 Å².